The molecule has 0 saturated heterocycles. The molecular formula is C12H22N2O. The Kier molecular flexibility index (Phi) is 6.81. The third-order valence-corrected chi connectivity index (χ3v) is 2.63. The van der Waals surface area contributed by atoms with Gasteiger partial charge in [0.05, 0.1) is 12.6 Å². The zero-order chi connectivity index (χ0) is 11.8. The molecule has 0 aromatic rings. The fourth-order valence-corrected chi connectivity index (χ4v) is 1.36. The molecule has 0 unspecified atom stereocenters. The summed E-state index contributed by atoms with van der Waals surface area (Å²) in [6.07, 6.45) is 7.03. The Bertz CT molecular complexity index is 232. The molecule has 0 aliphatic carbocycles. The van der Waals surface area contributed by atoms with E-state index in [1.54, 1.807) is 4.90 Å². The summed E-state index contributed by atoms with van der Waals surface area (Å²) in [6.45, 7) is 7.08. The Balaban J connectivity index is 4.42. The third kappa shape index (κ3) is 4.35. The highest BCUT2D eigenvalue weighted by molar-refractivity contribution is 5.82. The molecular weight excluding hydrogens is 188 g/mol. The summed E-state index contributed by atoms with van der Waals surface area (Å²) in [6, 6.07) is -0.421. The number of rotatable bonds is 6. The van der Waals surface area contributed by atoms with Gasteiger partial charge in [0, 0.05) is 6.54 Å². The Morgan fingerprint density at radius 1 is 1.53 bits per heavy atom. The van der Waals surface area contributed by atoms with Gasteiger partial charge in [0.15, 0.2) is 0 Å². The number of terminal acetylenes is 1. The van der Waals surface area contributed by atoms with Gasteiger partial charge in [0.2, 0.25) is 5.91 Å². The predicted molar refractivity (Wildman–Crippen MR) is 63.1 cm³/mol. The van der Waals surface area contributed by atoms with Crippen molar-refractivity contribution in [2.24, 2.45) is 11.7 Å². The number of hydrogen-bond donors (Lipinski definition) is 1. The number of carbonyl (C=O) groups excluding carboxylic acids is 1. The van der Waals surface area contributed by atoms with E-state index in [2.05, 4.69) is 5.92 Å². The van der Waals surface area contributed by atoms with Crippen LogP contribution in [0.15, 0.2) is 0 Å². The smallest absolute Gasteiger partial charge is 0.240 e. The van der Waals surface area contributed by atoms with Gasteiger partial charge in [-0.3, -0.25) is 4.79 Å². The van der Waals surface area contributed by atoms with E-state index in [4.69, 9.17) is 12.2 Å². The van der Waals surface area contributed by atoms with E-state index in [0.717, 1.165) is 12.8 Å². The van der Waals surface area contributed by atoms with Crippen LogP contribution < -0.4 is 5.73 Å². The number of hydrogen-bond acceptors (Lipinski definition) is 2. The SMILES string of the molecule is C#CCN(CCC)C(=O)[C@@H](N)[C@@H](C)CC. The number of amides is 1. The molecule has 0 saturated carbocycles. The molecule has 0 aromatic carbocycles. The Labute approximate surface area is 93.0 Å². The number of nitrogens with zero attached hydrogens (tertiary/aromatic N) is 1. The van der Waals surface area contributed by atoms with E-state index in [1.807, 2.05) is 20.8 Å². The summed E-state index contributed by atoms with van der Waals surface area (Å²) in [5.41, 5.74) is 5.87. The maximum atomic E-state index is 11.9. The third-order valence-electron chi connectivity index (χ3n) is 2.63. The molecule has 1 amide bonds. The van der Waals surface area contributed by atoms with Gasteiger partial charge in [-0.2, -0.15) is 0 Å². The normalized spacial score (nSPS) is 14.1. The molecule has 86 valence electrons. The monoisotopic (exact) mass is 210 g/mol. The molecule has 0 fully saturated rings. The van der Waals surface area contributed by atoms with Crippen molar-refractivity contribution in [3.8, 4) is 12.3 Å². The van der Waals surface area contributed by atoms with Crippen LogP contribution in [-0.4, -0.2) is 29.9 Å². The highest BCUT2D eigenvalue weighted by Crippen LogP contribution is 2.08. The van der Waals surface area contributed by atoms with Crippen molar-refractivity contribution in [1.82, 2.24) is 4.90 Å². The van der Waals surface area contributed by atoms with Crippen LogP contribution in [0.4, 0.5) is 0 Å². The molecule has 0 bridgehead atoms. The van der Waals surface area contributed by atoms with Crippen molar-refractivity contribution in [3.63, 3.8) is 0 Å². The van der Waals surface area contributed by atoms with E-state index in [0.29, 0.717) is 13.1 Å². The molecule has 15 heavy (non-hydrogen) atoms. The highest BCUT2D eigenvalue weighted by atomic mass is 16.2. The predicted octanol–water partition coefficient (Wildman–Crippen LogP) is 1.23. The Hall–Kier alpha value is -1.01. The molecule has 0 aromatic heterocycles. The van der Waals surface area contributed by atoms with Gasteiger partial charge < -0.3 is 10.6 Å². The van der Waals surface area contributed by atoms with Crippen molar-refractivity contribution in [1.29, 1.82) is 0 Å². The Morgan fingerprint density at radius 2 is 2.13 bits per heavy atom. The lowest BCUT2D eigenvalue weighted by atomic mass is 9.99. The fourth-order valence-electron chi connectivity index (χ4n) is 1.36. The lowest BCUT2D eigenvalue weighted by Crippen LogP contribution is -2.47. The van der Waals surface area contributed by atoms with Crippen LogP contribution >= 0.6 is 0 Å². The highest BCUT2D eigenvalue weighted by Gasteiger charge is 2.23. The summed E-state index contributed by atoms with van der Waals surface area (Å²) in [4.78, 5) is 13.6. The largest absolute Gasteiger partial charge is 0.330 e. The molecule has 3 nitrogen and oxygen atoms in total. The van der Waals surface area contributed by atoms with Gasteiger partial charge >= 0.3 is 0 Å². The van der Waals surface area contributed by atoms with Gasteiger partial charge in [0.1, 0.15) is 0 Å². The van der Waals surface area contributed by atoms with Gasteiger partial charge in [-0.05, 0) is 12.3 Å². The van der Waals surface area contributed by atoms with Crippen LogP contribution in [0.2, 0.25) is 0 Å². The number of nitrogens with two attached hydrogens (primary N) is 1. The molecule has 0 spiro atoms. The zero-order valence-electron chi connectivity index (χ0n) is 9.99. The minimum absolute atomic E-state index is 0.0239. The van der Waals surface area contributed by atoms with Gasteiger partial charge in [-0.1, -0.05) is 33.1 Å². The Morgan fingerprint density at radius 3 is 2.53 bits per heavy atom. The molecule has 0 rings (SSSR count). The van der Waals surface area contributed by atoms with E-state index in [-0.39, 0.29) is 11.8 Å². The van der Waals surface area contributed by atoms with Crippen molar-refractivity contribution in [2.75, 3.05) is 13.1 Å². The standard InChI is InChI=1S/C12H22N2O/c1-5-8-14(9-6-2)12(15)11(13)10(4)7-3/h1,10-11H,6-9,13H2,2-4H3/t10-,11-/m0/s1. The van der Waals surface area contributed by atoms with Crippen LogP contribution in [0.25, 0.3) is 0 Å². The molecule has 0 aliphatic heterocycles. The first-order chi connectivity index (χ1) is 7.08. The van der Waals surface area contributed by atoms with E-state index in [1.165, 1.54) is 0 Å². The molecule has 0 heterocycles. The quantitative estimate of drug-likeness (QED) is 0.670. The van der Waals surface area contributed by atoms with E-state index < -0.39 is 6.04 Å². The molecule has 2 atom stereocenters. The second-order valence-corrected chi connectivity index (χ2v) is 3.88. The van der Waals surface area contributed by atoms with Crippen LogP contribution in [0.5, 0.6) is 0 Å². The summed E-state index contributed by atoms with van der Waals surface area (Å²) in [5, 5.41) is 0. The lowest BCUT2D eigenvalue weighted by Gasteiger charge is -2.26. The first kappa shape index (κ1) is 14.0. The summed E-state index contributed by atoms with van der Waals surface area (Å²) >= 11 is 0. The molecule has 0 aliphatic rings. The zero-order valence-corrected chi connectivity index (χ0v) is 9.99. The first-order valence-corrected chi connectivity index (χ1v) is 5.56. The molecule has 2 N–H and O–H groups in total. The first-order valence-electron chi connectivity index (χ1n) is 5.56. The minimum Gasteiger partial charge on any atom is -0.330 e. The second kappa shape index (κ2) is 7.30. The van der Waals surface area contributed by atoms with Crippen molar-refractivity contribution < 1.29 is 4.79 Å². The van der Waals surface area contributed by atoms with Crippen molar-refractivity contribution in [3.05, 3.63) is 0 Å². The average molecular weight is 210 g/mol. The lowest BCUT2D eigenvalue weighted by molar-refractivity contribution is -0.133. The summed E-state index contributed by atoms with van der Waals surface area (Å²) < 4.78 is 0. The minimum atomic E-state index is -0.421. The van der Waals surface area contributed by atoms with Gasteiger partial charge in [0.25, 0.3) is 0 Å². The summed E-state index contributed by atoms with van der Waals surface area (Å²) in [7, 11) is 0. The van der Waals surface area contributed by atoms with Crippen LogP contribution in [0.3, 0.4) is 0 Å². The van der Waals surface area contributed by atoms with Crippen LogP contribution in [0, 0.1) is 18.3 Å². The van der Waals surface area contributed by atoms with Crippen molar-refractivity contribution >= 4 is 5.91 Å². The summed E-state index contributed by atoms with van der Waals surface area (Å²) in [5.74, 6) is 2.67. The topological polar surface area (TPSA) is 46.3 Å². The van der Waals surface area contributed by atoms with Gasteiger partial charge in [-0.25, -0.2) is 0 Å². The van der Waals surface area contributed by atoms with Gasteiger partial charge in [-0.15, -0.1) is 6.42 Å². The second-order valence-electron chi connectivity index (χ2n) is 3.88. The molecule has 0 radical (unpaired) electrons. The van der Waals surface area contributed by atoms with Crippen LogP contribution in [0.1, 0.15) is 33.6 Å². The van der Waals surface area contributed by atoms with Crippen LogP contribution in [-0.2, 0) is 4.79 Å². The maximum absolute atomic E-state index is 11.9. The van der Waals surface area contributed by atoms with E-state index >= 15 is 0 Å². The molecule has 3 heteroatoms. The van der Waals surface area contributed by atoms with Crippen molar-refractivity contribution in [2.45, 2.75) is 39.7 Å². The number of carbonyl (C=O) groups is 1. The maximum Gasteiger partial charge on any atom is 0.240 e. The fraction of sp³-hybridized carbons (Fsp3) is 0.750. The van der Waals surface area contributed by atoms with E-state index in [9.17, 15) is 4.79 Å². The average Bonchev–Trinajstić information content (AvgIpc) is 2.25.